The molecule has 0 radical (unpaired) electrons. The van der Waals surface area contributed by atoms with Gasteiger partial charge in [0.15, 0.2) is 0 Å². The van der Waals surface area contributed by atoms with Gasteiger partial charge in [0.05, 0.1) is 16.5 Å². The van der Waals surface area contributed by atoms with E-state index in [0.29, 0.717) is 17.4 Å². The van der Waals surface area contributed by atoms with Crippen LogP contribution in [-0.2, 0) is 12.8 Å². The fourth-order valence-corrected chi connectivity index (χ4v) is 2.52. The normalized spacial score (nSPS) is 10.8. The molecule has 5 nitrogen and oxygen atoms in total. The van der Waals surface area contributed by atoms with Crippen LogP contribution in [0, 0.1) is 0 Å². The van der Waals surface area contributed by atoms with Crippen molar-refractivity contribution in [1.82, 2.24) is 0 Å². The number of hydrogen-bond acceptors (Lipinski definition) is 4. The molecule has 0 bridgehead atoms. The first-order valence-corrected chi connectivity index (χ1v) is 7.12. The Kier molecular flexibility index (Phi) is 3.85. The van der Waals surface area contributed by atoms with E-state index in [4.69, 9.17) is 9.52 Å². The zero-order chi connectivity index (χ0) is 16.4. The van der Waals surface area contributed by atoms with Gasteiger partial charge in [-0.2, -0.15) is 0 Å². The number of para-hydroxylation sites is 1. The lowest BCUT2D eigenvalue weighted by Crippen LogP contribution is -2.09. The maximum atomic E-state index is 12.0. The monoisotopic (exact) mass is 310 g/mol. The Labute approximate surface area is 131 Å². The smallest absolute Gasteiger partial charge is 0.343 e. The molecule has 0 amide bonds. The van der Waals surface area contributed by atoms with E-state index in [1.165, 1.54) is 6.07 Å². The number of carboxylic acids is 1. The zero-order valence-corrected chi connectivity index (χ0v) is 12.2. The van der Waals surface area contributed by atoms with Crippen LogP contribution in [-0.4, -0.2) is 16.2 Å². The van der Waals surface area contributed by atoms with Gasteiger partial charge < -0.3 is 14.6 Å². The maximum absolute atomic E-state index is 12.0. The van der Waals surface area contributed by atoms with Gasteiger partial charge in [0, 0.05) is 0 Å². The molecule has 3 aromatic rings. The quantitative estimate of drug-likeness (QED) is 0.723. The number of aromatic hydroxyl groups is 1. The molecular formula is C18H14O5. The van der Waals surface area contributed by atoms with Crippen LogP contribution in [0.1, 0.15) is 21.5 Å². The van der Waals surface area contributed by atoms with Crippen molar-refractivity contribution in [2.24, 2.45) is 0 Å². The third-order valence-electron chi connectivity index (χ3n) is 3.71. The molecule has 0 aliphatic rings. The lowest BCUT2D eigenvalue weighted by molar-refractivity contribution is 0.0696. The van der Waals surface area contributed by atoms with E-state index in [-0.39, 0.29) is 23.3 Å². The Morgan fingerprint density at radius 3 is 2.61 bits per heavy atom. The first kappa shape index (κ1) is 14.8. The molecule has 1 aromatic heterocycles. The molecule has 5 heteroatoms. The van der Waals surface area contributed by atoms with Crippen LogP contribution in [0.3, 0.4) is 0 Å². The van der Waals surface area contributed by atoms with E-state index in [1.807, 2.05) is 0 Å². The van der Waals surface area contributed by atoms with Crippen molar-refractivity contribution in [2.45, 2.75) is 12.8 Å². The van der Waals surface area contributed by atoms with E-state index in [9.17, 15) is 14.7 Å². The van der Waals surface area contributed by atoms with Gasteiger partial charge in [0.2, 0.25) is 0 Å². The van der Waals surface area contributed by atoms with Crippen molar-refractivity contribution in [3.05, 3.63) is 75.6 Å². The van der Waals surface area contributed by atoms with Crippen molar-refractivity contribution < 1.29 is 19.4 Å². The highest BCUT2D eigenvalue weighted by molar-refractivity contribution is 5.87. The van der Waals surface area contributed by atoms with Gasteiger partial charge in [-0.05, 0) is 42.7 Å². The number of aryl methyl sites for hydroxylation is 1. The molecule has 3 rings (SSSR count). The lowest BCUT2D eigenvalue weighted by atomic mass is 10.0. The predicted octanol–water partition coefficient (Wildman–Crippen LogP) is 2.98. The second-order valence-corrected chi connectivity index (χ2v) is 5.22. The SMILES string of the molecule is O=C(O)c1cccc(CCc2c(O)c3ccccc3oc2=O)c1. The van der Waals surface area contributed by atoms with Crippen LogP contribution in [0.4, 0.5) is 0 Å². The van der Waals surface area contributed by atoms with E-state index in [1.54, 1.807) is 42.5 Å². The number of hydrogen-bond donors (Lipinski definition) is 2. The Balaban J connectivity index is 1.92. The minimum atomic E-state index is -1.00. The molecule has 0 saturated carbocycles. The number of benzene rings is 2. The van der Waals surface area contributed by atoms with Crippen LogP contribution < -0.4 is 5.63 Å². The first-order valence-electron chi connectivity index (χ1n) is 7.12. The zero-order valence-electron chi connectivity index (χ0n) is 12.2. The van der Waals surface area contributed by atoms with Gasteiger partial charge in [0.25, 0.3) is 0 Å². The summed E-state index contributed by atoms with van der Waals surface area (Å²) < 4.78 is 5.21. The molecule has 2 N–H and O–H groups in total. The third kappa shape index (κ3) is 2.94. The minimum absolute atomic E-state index is 0.0776. The van der Waals surface area contributed by atoms with E-state index in [0.717, 1.165) is 5.56 Å². The number of carbonyl (C=O) groups is 1. The molecule has 0 saturated heterocycles. The second kappa shape index (κ2) is 5.96. The van der Waals surface area contributed by atoms with E-state index in [2.05, 4.69) is 0 Å². The highest BCUT2D eigenvalue weighted by atomic mass is 16.4. The molecule has 0 aliphatic heterocycles. The summed E-state index contributed by atoms with van der Waals surface area (Å²) in [7, 11) is 0. The number of rotatable bonds is 4. The van der Waals surface area contributed by atoms with Crippen molar-refractivity contribution in [3.63, 3.8) is 0 Å². The lowest BCUT2D eigenvalue weighted by Gasteiger charge is -2.07. The molecule has 1 heterocycles. The molecule has 0 aliphatic carbocycles. The summed E-state index contributed by atoms with van der Waals surface area (Å²) in [5.74, 6) is -1.08. The van der Waals surface area contributed by atoms with Crippen molar-refractivity contribution in [3.8, 4) is 5.75 Å². The Bertz CT molecular complexity index is 940. The fraction of sp³-hybridized carbons (Fsp3) is 0.111. The van der Waals surface area contributed by atoms with Crippen molar-refractivity contribution >= 4 is 16.9 Å². The van der Waals surface area contributed by atoms with Crippen LogP contribution in [0.5, 0.6) is 5.75 Å². The highest BCUT2D eigenvalue weighted by Crippen LogP contribution is 2.26. The maximum Gasteiger partial charge on any atom is 0.343 e. The Morgan fingerprint density at radius 1 is 1.04 bits per heavy atom. The van der Waals surface area contributed by atoms with Crippen molar-refractivity contribution in [1.29, 1.82) is 0 Å². The van der Waals surface area contributed by atoms with Gasteiger partial charge in [0.1, 0.15) is 11.3 Å². The Morgan fingerprint density at radius 2 is 1.83 bits per heavy atom. The molecule has 2 aromatic carbocycles. The summed E-state index contributed by atoms with van der Waals surface area (Å²) in [4.78, 5) is 23.0. The molecule has 0 atom stereocenters. The Hall–Kier alpha value is -3.08. The summed E-state index contributed by atoms with van der Waals surface area (Å²) in [6.07, 6.45) is 0.694. The van der Waals surface area contributed by atoms with E-state index < -0.39 is 11.6 Å². The summed E-state index contributed by atoms with van der Waals surface area (Å²) in [5, 5.41) is 19.8. The topological polar surface area (TPSA) is 87.7 Å². The van der Waals surface area contributed by atoms with Crippen LogP contribution in [0.15, 0.2) is 57.7 Å². The van der Waals surface area contributed by atoms with Crippen molar-refractivity contribution in [2.75, 3.05) is 0 Å². The number of aromatic carboxylic acids is 1. The molecule has 0 unspecified atom stereocenters. The number of fused-ring (bicyclic) bond motifs is 1. The average molecular weight is 310 g/mol. The molecule has 0 spiro atoms. The van der Waals surface area contributed by atoms with Gasteiger partial charge >= 0.3 is 11.6 Å². The standard InChI is InChI=1S/C18H14O5/c19-16-13-6-1-2-7-15(13)23-18(22)14(16)9-8-11-4-3-5-12(10-11)17(20)21/h1-7,10,19H,8-9H2,(H,20,21). The summed E-state index contributed by atoms with van der Waals surface area (Å²) in [6, 6.07) is 13.3. The third-order valence-corrected chi connectivity index (χ3v) is 3.71. The van der Waals surface area contributed by atoms with Gasteiger partial charge in [-0.15, -0.1) is 0 Å². The van der Waals surface area contributed by atoms with Gasteiger partial charge in [-0.1, -0.05) is 24.3 Å². The fourth-order valence-electron chi connectivity index (χ4n) is 2.52. The number of carboxylic acid groups (broad SMARTS) is 1. The second-order valence-electron chi connectivity index (χ2n) is 5.22. The van der Waals surface area contributed by atoms with Crippen LogP contribution in [0.25, 0.3) is 11.0 Å². The molecule has 116 valence electrons. The van der Waals surface area contributed by atoms with Gasteiger partial charge in [-0.25, -0.2) is 9.59 Å². The van der Waals surface area contributed by atoms with Gasteiger partial charge in [-0.3, -0.25) is 0 Å². The largest absolute Gasteiger partial charge is 0.507 e. The summed E-state index contributed by atoms with van der Waals surface area (Å²) >= 11 is 0. The predicted molar refractivity (Wildman–Crippen MR) is 85.0 cm³/mol. The van der Waals surface area contributed by atoms with Crippen LogP contribution in [0.2, 0.25) is 0 Å². The summed E-state index contributed by atoms with van der Waals surface area (Å²) in [5.41, 5.74) is 0.931. The molecular weight excluding hydrogens is 296 g/mol. The molecule has 23 heavy (non-hydrogen) atoms. The molecule has 0 fully saturated rings. The minimum Gasteiger partial charge on any atom is -0.507 e. The van der Waals surface area contributed by atoms with E-state index >= 15 is 0 Å². The average Bonchev–Trinajstić information content (AvgIpc) is 2.55. The van der Waals surface area contributed by atoms with Crippen LogP contribution >= 0.6 is 0 Å². The highest BCUT2D eigenvalue weighted by Gasteiger charge is 2.14. The summed E-state index contributed by atoms with van der Waals surface area (Å²) in [6.45, 7) is 0. The first-order chi connectivity index (χ1) is 11.1.